The van der Waals surface area contributed by atoms with Crippen LogP contribution in [0.1, 0.15) is 0 Å². The van der Waals surface area contributed by atoms with Gasteiger partial charge in [0.2, 0.25) is 0 Å². The van der Waals surface area contributed by atoms with Gasteiger partial charge >= 0.3 is 0 Å². The molecule has 1 fully saturated rings. The van der Waals surface area contributed by atoms with E-state index in [1.807, 2.05) is 6.07 Å². The molecule has 1 aromatic rings. The van der Waals surface area contributed by atoms with Crippen molar-refractivity contribution in [3.05, 3.63) is 18.3 Å². The summed E-state index contributed by atoms with van der Waals surface area (Å²) in [7, 11) is 0. The van der Waals surface area contributed by atoms with Gasteiger partial charge in [-0.25, -0.2) is 0 Å². The third kappa shape index (κ3) is 3.94. The van der Waals surface area contributed by atoms with Crippen LogP contribution in [-0.2, 0) is 0 Å². The summed E-state index contributed by atoms with van der Waals surface area (Å²) in [5.41, 5.74) is 5.22. The second-order valence-corrected chi connectivity index (χ2v) is 2.97. The molecule has 0 amide bonds. The largest absolute Gasteiger partial charge is 0.385 e. The maximum absolute atomic E-state index is 8.34. The van der Waals surface area contributed by atoms with Gasteiger partial charge in [-0.1, -0.05) is 0 Å². The Morgan fingerprint density at radius 2 is 2.36 bits per heavy atom. The van der Waals surface area contributed by atoms with Crippen molar-refractivity contribution in [2.45, 2.75) is 6.04 Å². The first kappa shape index (κ1) is 10.6. The highest BCUT2D eigenvalue weighted by molar-refractivity contribution is 5.26. The molecular weight excluding hydrogens is 178 g/mol. The normalized spacial score (nSPS) is 20.4. The minimum absolute atomic E-state index is 0.0312. The van der Waals surface area contributed by atoms with Gasteiger partial charge in [0.15, 0.2) is 0 Å². The molecule has 0 aromatic carbocycles. The number of nitrogens with zero attached hydrogens (tertiary/aromatic N) is 1. The van der Waals surface area contributed by atoms with Crippen molar-refractivity contribution >= 4 is 5.82 Å². The van der Waals surface area contributed by atoms with Crippen LogP contribution in [0.2, 0.25) is 0 Å². The second kappa shape index (κ2) is 6.02. The van der Waals surface area contributed by atoms with Crippen molar-refractivity contribution in [2.24, 2.45) is 0 Å². The molecule has 0 saturated carbocycles. The third-order valence-corrected chi connectivity index (χ3v) is 1.82. The van der Waals surface area contributed by atoms with E-state index in [1.54, 1.807) is 12.3 Å². The standard InChI is InChI=1S/C5H9N3.C4H6N2/c6-3-5-4-7-1-2-8-5;5-4-2-1-3-6-4/h5,7-8H,1-2,4H2;1-3,6H,5H2. The highest BCUT2D eigenvalue weighted by Crippen LogP contribution is 1.90. The van der Waals surface area contributed by atoms with Crippen molar-refractivity contribution in [1.82, 2.24) is 15.6 Å². The molecule has 5 nitrogen and oxygen atoms in total. The van der Waals surface area contributed by atoms with Gasteiger partial charge in [0.1, 0.15) is 11.9 Å². The summed E-state index contributed by atoms with van der Waals surface area (Å²) in [5, 5.41) is 14.5. The Hall–Kier alpha value is -1.51. The van der Waals surface area contributed by atoms with Gasteiger partial charge in [-0.3, -0.25) is 5.32 Å². The maximum Gasteiger partial charge on any atom is 0.108 e. The number of piperazine rings is 1. The summed E-state index contributed by atoms with van der Waals surface area (Å²) in [6.07, 6.45) is 1.79. The number of nitrogen functional groups attached to an aromatic ring is 1. The van der Waals surface area contributed by atoms with Crippen LogP contribution in [0, 0.1) is 11.3 Å². The molecule has 0 aliphatic carbocycles. The lowest BCUT2D eigenvalue weighted by molar-refractivity contribution is 0.477. The molecule has 1 aliphatic heterocycles. The average Bonchev–Trinajstić information content (AvgIpc) is 2.71. The predicted molar refractivity (Wildman–Crippen MR) is 55.5 cm³/mol. The average molecular weight is 193 g/mol. The van der Waals surface area contributed by atoms with Crippen LogP contribution < -0.4 is 16.4 Å². The van der Waals surface area contributed by atoms with Crippen molar-refractivity contribution in [2.75, 3.05) is 25.4 Å². The quantitative estimate of drug-likeness (QED) is 0.454. The van der Waals surface area contributed by atoms with E-state index in [0.717, 1.165) is 25.5 Å². The molecule has 5 heteroatoms. The Kier molecular flexibility index (Phi) is 4.55. The van der Waals surface area contributed by atoms with Crippen molar-refractivity contribution in [1.29, 1.82) is 5.26 Å². The van der Waals surface area contributed by atoms with Crippen LogP contribution >= 0.6 is 0 Å². The number of aromatic nitrogens is 1. The molecule has 1 atom stereocenters. The first-order valence-corrected chi connectivity index (χ1v) is 4.55. The van der Waals surface area contributed by atoms with Gasteiger partial charge in [-0.05, 0) is 12.1 Å². The van der Waals surface area contributed by atoms with Crippen molar-refractivity contribution in [3.63, 3.8) is 0 Å². The number of nitrogens with one attached hydrogen (secondary N) is 3. The zero-order valence-corrected chi connectivity index (χ0v) is 7.96. The number of H-pyrrole nitrogens is 1. The molecular formula is C9H15N5. The number of rotatable bonds is 0. The Morgan fingerprint density at radius 1 is 1.50 bits per heavy atom. The minimum atomic E-state index is 0.0312. The highest BCUT2D eigenvalue weighted by atomic mass is 15.0. The molecule has 0 radical (unpaired) electrons. The molecule has 1 aromatic heterocycles. The summed E-state index contributed by atoms with van der Waals surface area (Å²) in [4.78, 5) is 2.78. The Morgan fingerprint density at radius 3 is 2.64 bits per heavy atom. The Balaban J connectivity index is 0.000000146. The third-order valence-electron chi connectivity index (χ3n) is 1.82. The molecule has 2 rings (SSSR count). The summed E-state index contributed by atoms with van der Waals surface area (Å²) < 4.78 is 0. The van der Waals surface area contributed by atoms with Crippen LogP contribution in [0.25, 0.3) is 0 Å². The number of hydrogen-bond donors (Lipinski definition) is 4. The van der Waals surface area contributed by atoms with Crippen LogP contribution in [0.5, 0.6) is 0 Å². The Labute approximate surface area is 83.3 Å². The number of anilines is 1. The van der Waals surface area contributed by atoms with Gasteiger partial charge in [0, 0.05) is 25.8 Å². The van der Waals surface area contributed by atoms with Gasteiger partial charge < -0.3 is 16.0 Å². The van der Waals surface area contributed by atoms with Crippen molar-refractivity contribution < 1.29 is 0 Å². The first-order valence-electron chi connectivity index (χ1n) is 4.55. The molecule has 5 N–H and O–H groups in total. The van der Waals surface area contributed by atoms with E-state index in [1.165, 1.54) is 0 Å². The zero-order valence-electron chi connectivity index (χ0n) is 7.96. The van der Waals surface area contributed by atoms with Crippen LogP contribution in [0.3, 0.4) is 0 Å². The number of hydrogen-bond acceptors (Lipinski definition) is 4. The lowest BCUT2D eigenvalue weighted by Gasteiger charge is -2.17. The number of nitriles is 1. The smallest absolute Gasteiger partial charge is 0.108 e. The minimum Gasteiger partial charge on any atom is -0.385 e. The van der Waals surface area contributed by atoms with Gasteiger partial charge in [-0.2, -0.15) is 5.26 Å². The molecule has 2 heterocycles. The van der Waals surface area contributed by atoms with Crippen LogP contribution in [-0.4, -0.2) is 30.7 Å². The molecule has 76 valence electrons. The number of nitrogens with two attached hydrogens (primary N) is 1. The van der Waals surface area contributed by atoms with Gasteiger partial charge in [0.25, 0.3) is 0 Å². The van der Waals surface area contributed by atoms with Crippen LogP contribution in [0.15, 0.2) is 18.3 Å². The van der Waals surface area contributed by atoms with E-state index in [4.69, 9.17) is 11.0 Å². The summed E-state index contributed by atoms with van der Waals surface area (Å²) in [6.45, 7) is 2.69. The Bertz CT molecular complexity index is 268. The summed E-state index contributed by atoms with van der Waals surface area (Å²) >= 11 is 0. The van der Waals surface area contributed by atoms with E-state index < -0.39 is 0 Å². The van der Waals surface area contributed by atoms with E-state index in [-0.39, 0.29) is 6.04 Å². The molecule has 1 saturated heterocycles. The predicted octanol–water partition coefficient (Wildman–Crippen LogP) is -0.332. The topological polar surface area (TPSA) is 89.7 Å². The molecule has 1 aliphatic rings. The second-order valence-electron chi connectivity index (χ2n) is 2.97. The molecule has 14 heavy (non-hydrogen) atoms. The fraction of sp³-hybridized carbons (Fsp3) is 0.444. The molecule has 1 unspecified atom stereocenters. The van der Waals surface area contributed by atoms with E-state index >= 15 is 0 Å². The monoisotopic (exact) mass is 193 g/mol. The SMILES string of the molecule is N#CC1CNCCN1.Nc1ccc[nH]1. The number of aromatic amines is 1. The maximum atomic E-state index is 8.34. The fourth-order valence-electron chi connectivity index (χ4n) is 1.09. The first-order chi connectivity index (χ1) is 6.83. The van der Waals surface area contributed by atoms with E-state index in [0.29, 0.717) is 0 Å². The highest BCUT2D eigenvalue weighted by Gasteiger charge is 2.08. The lowest BCUT2D eigenvalue weighted by atomic mass is 10.3. The van der Waals surface area contributed by atoms with Crippen LogP contribution in [0.4, 0.5) is 5.82 Å². The lowest BCUT2D eigenvalue weighted by Crippen LogP contribution is -2.47. The summed E-state index contributed by atoms with van der Waals surface area (Å²) in [6, 6.07) is 5.82. The summed E-state index contributed by atoms with van der Waals surface area (Å²) in [5.74, 6) is 0.718. The van der Waals surface area contributed by atoms with Gasteiger partial charge in [0.05, 0.1) is 6.07 Å². The van der Waals surface area contributed by atoms with E-state index in [2.05, 4.69) is 21.7 Å². The fourth-order valence-corrected chi connectivity index (χ4v) is 1.09. The van der Waals surface area contributed by atoms with Crippen molar-refractivity contribution in [3.8, 4) is 6.07 Å². The van der Waals surface area contributed by atoms with Gasteiger partial charge in [-0.15, -0.1) is 0 Å². The van der Waals surface area contributed by atoms with E-state index in [9.17, 15) is 0 Å². The zero-order chi connectivity index (χ0) is 10.2. The molecule has 0 bridgehead atoms. The molecule has 0 spiro atoms.